The fraction of sp³-hybridized carbons (Fsp3) is 0.0769. The minimum atomic E-state index is -3.74. The molecule has 0 spiro atoms. The van der Waals surface area contributed by atoms with Gasteiger partial charge in [-0.3, -0.25) is 0 Å². The van der Waals surface area contributed by atoms with E-state index in [4.69, 9.17) is 46.4 Å². The zero-order valence-corrected chi connectivity index (χ0v) is 14.3. The van der Waals surface area contributed by atoms with Crippen molar-refractivity contribution in [2.24, 2.45) is 0 Å². The van der Waals surface area contributed by atoms with Crippen molar-refractivity contribution in [2.45, 2.75) is 9.79 Å². The molecule has 21 heavy (non-hydrogen) atoms. The summed E-state index contributed by atoms with van der Waals surface area (Å²) in [5, 5.41) is 0.911. The van der Waals surface area contributed by atoms with Crippen LogP contribution in [0.3, 0.4) is 0 Å². The molecule has 0 aliphatic carbocycles. The van der Waals surface area contributed by atoms with Crippen LogP contribution in [0.25, 0.3) is 0 Å². The van der Waals surface area contributed by atoms with Gasteiger partial charge in [0, 0.05) is 7.05 Å². The summed E-state index contributed by atoms with van der Waals surface area (Å²) < 4.78 is 25.5. The molecule has 1 aliphatic rings. The molecular formula is C13H7Cl4NO2S. The van der Waals surface area contributed by atoms with E-state index in [-0.39, 0.29) is 29.9 Å². The zero-order valence-electron chi connectivity index (χ0n) is 10.5. The first kappa shape index (κ1) is 15.3. The minimum Gasteiger partial charge on any atom is -0.342 e. The van der Waals surface area contributed by atoms with Crippen LogP contribution in [0.15, 0.2) is 34.1 Å². The van der Waals surface area contributed by atoms with Gasteiger partial charge in [-0.05, 0) is 24.3 Å². The van der Waals surface area contributed by atoms with Crippen molar-refractivity contribution in [3.8, 4) is 0 Å². The predicted molar refractivity (Wildman–Crippen MR) is 86.4 cm³/mol. The standard InChI is InChI=1S/C13H7Cl4NO2S/c1-18-10-2-6(14)8(16)4-12(10)21(19,20)13-5-9(17)7(15)3-11(13)18/h2-5H,1H3. The van der Waals surface area contributed by atoms with Crippen LogP contribution in [0.4, 0.5) is 11.4 Å². The second kappa shape index (κ2) is 4.93. The molecule has 0 unspecified atom stereocenters. The molecule has 2 aromatic rings. The van der Waals surface area contributed by atoms with Gasteiger partial charge in [0.2, 0.25) is 9.84 Å². The van der Waals surface area contributed by atoms with Crippen molar-refractivity contribution in [3.63, 3.8) is 0 Å². The van der Waals surface area contributed by atoms with Crippen LogP contribution < -0.4 is 4.90 Å². The molecule has 3 nitrogen and oxygen atoms in total. The maximum Gasteiger partial charge on any atom is 0.210 e. The van der Waals surface area contributed by atoms with Gasteiger partial charge in [0.15, 0.2) is 0 Å². The second-order valence-electron chi connectivity index (χ2n) is 4.53. The number of nitrogens with zero attached hydrogens (tertiary/aromatic N) is 1. The summed E-state index contributed by atoms with van der Waals surface area (Å²) >= 11 is 23.9. The van der Waals surface area contributed by atoms with Gasteiger partial charge < -0.3 is 4.90 Å². The molecule has 0 saturated heterocycles. The molecule has 2 aromatic carbocycles. The quantitative estimate of drug-likeness (QED) is 0.627. The van der Waals surface area contributed by atoms with Gasteiger partial charge in [-0.1, -0.05) is 46.4 Å². The Labute approximate surface area is 141 Å². The highest BCUT2D eigenvalue weighted by atomic mass is 35.5. The summed E-state index contributed by atoms with van der Waals surface area (Å²) in [7, 11) is -2.02. The monoisotopic (exact) mass is 381 g/mol. The van der Waals surface area contributed by atoms with E-state index in [0.29, 0.717) is 11.4 Å². The molecule has 0 bridgehead atoms. The lowest BCUT2D eigenvalue weighted by Gasteiger charge is -2.30. The third-order valence-corrected chi connectivity index (χ3v) is 6.56. The van der Waals surface area contributed by atoms with Gasteiger partial charge in [0.25, 0.3) is 0 Å². The summed E-state index contributed by atoms with van der Waals surface area (Å²) in [6.07, 6.45) is 0. The summed E-state index contributed by atoms with van der Waals surface area (Å²) in [6.45, 7) is 0. The molecule has 0 saturated carbocycles. The van der Waals surface area contributed by atoms with E-state index in [1.54, 1.807) is 11.9 Å². The van der Waals surface area contributed by atoms with Gasteiger partial charge in [-0.2, -0.15) is 0 Å². The van der Waals surface area contributed by atoms with Crippen LogP contribution in [0, 0.1) is 0 Å². The smallest absolute Gasteiger partial charge is 0.210 e. The maximum absolute atomic E-state index is 12.7. The lowest BCUT2D eigenvalue weighted by Crippen LogP contribution is -2.22. The Morgan fingerprint density at radius 2 is 1.10 bits per heavy atom. The fourth-order valence-corrected chi connectivity index (χ4v) is 4.74. The molecule has 1 aliphatic heterocycles. The zero-order chi connectivity index (χ0) is 15.5. The number of hydrogen-bond donors (Lipinski definition) is 0. The Balaban J connectivity index is 2.41. The number of anilines is 2. The van der Waals surface area contributed by atoms with E-state index < -0.39 is 9.84 Å². The number of halogens is 4. The van der Waals surface area contributed by atoms with Gasteiger partial charge in [0.1, 0.15) is 0 Å². The first-order valence-corrected chi connectivity index (χ1v) is 8.70. The van der Waals surface area contributed by atoms with Crippen LogP contribution in [0.1, 0.15) is 0 Å². The Morgan fingerprint density at radius 1 is 0.762 bits per heavy atom. The van der Waals surface area contributed by atoms with Crippen LogP contribution in [0.5, 0.6) is 0 Å². The maximum atomic E-state index is 12.7. The largest absolute Gasteiger partial charge is 0.342 e. The van der Waals surface area contributed by atoms with Crippen molar-refractivity contribution in [1.82, 2.24) is 0 Å². The van der Waals surface area contributed by atoms with Gasteiger partial charge in [-0.15, -0.1) is 0 Å². The predicted octanol–water partition coefficient (Wildman–Crippen LogP) is 5.21. The minimum absolute atomic E-state index is 0.0882. The molecule has 0 amide bonds. The SMILES string of the molecule is CN1c2cc(Cl)c(Cl)cc2S(=O)(=O)c2cc(Cl)c(Cl)cc21. The highest BCUT2D eigenvalue weighted by Gasteiger charge is 2.34. The first-order valence-electron chi connectivity index (χ1n) is 5.70. The Morgan fingerprint density at radius 3 is 1.48 bits per heavy atom. The van der Waals surface area contributed by atoms with Crippen molar-refractivity contribution < 1.29 is 8.42 Å². The van der Waals surface area contributed by atoms with Crippen molar-refractivity contribution in [2.75, 3.05) is 11.9 Å². The van der Waals surface area contributed by atoms with Crippen molar-refractivity contribution >= 4 is 67.6 Å². The number of fused-ring (bicyclic) bond motifs is 2. The average Bonchev–Trinajstić information content (AvgIpc) is 2.41. The molecule has 0 atom stereocenters. The van der Waals surface area contributed by atoms with Crippen LogP contribution in [0.2, 0.25) is 20.1 Å². The van der Waals surface area contributed by atoms with E-state index in [1.165, 1.54) is 24.3 Å². The van der Waals surface area contributed by atoms with Crippen LogP contribution >= 0.6 is 46.4 Å². The van der Waals surface area contributed by atoms with E-state index in [9.17, 15) is 8.42 Å². The fourth-order valence-electron chi connectivity index (χ4n) is 2.24. The number of rotatable bonds is 0. The Hall–Kier alpha value is -0.650. The van der Waals surface area contributed by atoms with E-state index in [2.05, 4.69) is 0 Å². The molecule has 0 radical (unpaired) electrons. The van der Waals surface area contributed by atoms with Gasteiger partial charge in [0.05, 0.1) is 41.3 Å². The Bertz CT molecular complexity index is 815. The number of benzene rings is 2. The molecule has 0 N–H and O–H groups in total. The van der Waals surface area contributed by atoms with Gasteiger partial charge >= 0.3 is 0 Å². The topological polar surface area (TPSA) is 37.4 Å². The van der Waals surface area contributed by atoms with Crippen molar-refractivity contribution in [3.05, 3.63) is 44.4 Å². The first-order chi connectivity index (χ1) is 9.73. The molecule has 1 heterocycles. The van der Waals surface area contributed by atoms with E-state index >= 15 is 0 Å². The summed E-state index contributed by atoms with van der Waals surface area (Å²) in [6, 6.07) is 5.72. The third-order valence-electron chi connectivity index (χ3n) is 3.31. The molecule has 3 rings (SSSR count). The van der Waals surface area contributed by atoms with Crippen LogP contribution in [-0.4, -0.2) is 15.5 Å². The lowest BCUT2D eigenvalue weighted by molar-refractivity contribution is 0.594. The molecule has 8 heteroatoms. The van der Waals surface area contributed by atoms with E-state index in [0.717, 1.165) is 0 Å². The highest BCUT2D eigenvalue weighted by Crippen LogP contribution is 2.47. The number of sulfone groups is 1. The second-order valence-corrected chi connectivity index (χ2v) is 8.05. The Kier molecular flexibility index (Phi) is 3.58. The summed E-state index contributed by atoms with van der Waals surface area (Å²) in [4.78, 5) is 1.87. The highest BCUT2D eigenvalue weighted by molar-refractivity contribution is 7.92. The summed E-state index contributed by atoms with van der Waals surface area (Å²) in [5.74, 6) is 0. The van der Waals surface area contributed by atoms with E-state index in [1.807, 2.05) is 0 Å². The normalized spacial score (nSPS) is 15.6. The van der Waals surface area contributed by atoms with Crippen molar-refractivity contribution in [1.29, 1.82) is 0 Å². The lowest BCUT2D eigenvalue weighted by atomic mass is 10.2. The van der Waals surface area contributed by atoms with Gasteiger partial charge in [-0.25, -0.2) is 8.42 Å². The molecular weight excluding hydrogens is 376 g/mol. The number of hydrogen-bond acceptors (Lipinski definition) is 3. The third kappa shape index (κ3) is 2.21. The van der Waals surface area contributed by atoms with Crippen LogP contribution in [-0.2, 0) is 9.84 Å². The molecule has 0 fully saturated rings. The molecule has 0 aromatic heterocycles. The average molecular weight is 383 g/mol. The molecule has 110 valence electrons. The summed E-state index contributed by atoms with van der Waals surface area (Å²) in [5.41, 5.74) is 0.880.